The molecule has 1 aromatic carbocycles. The molecule has 1 aliphatic rings. The van der Waals surface area contributed by atoms with E-state index in [1.54, 1.807) is 49.5 Å². The third-order valence-electron chi connectivity index (χ3n) is 6.09. The third kappa shape index (κ3) is 5.47. The lowest BCUT2D eigenvalue weighted by molar-refractivity contribution is -0.136. The first-order valence-corrected chi connectivity index (χ1v) is 12.6. The van der Waals surface area contributed by atoms with E-state index in [1.165, 1.54) is 4.31 Å². The van der Waals surface area contributed by atoms with Gasteiger partial charge < -0.3 is 14.4 Å². The van der Waals surface area contributed by atoms with E-state index in [4.69, 9.17) is 9.47 Å². The molecule has 2 aromatic rings. The summed E-state index contributed by atoms with van der Waals surface area (Å²) in [6, 6.07) is 6.46. The van der Waals surface area contributed by atoms with E-state index in [9.17, 15) is 13.2 Å². The Bertz CT molecular complexity index is 1080. The summed E-state index contributed by atoms with van der Waals surface area (Å²) >= 11 is 0. The highest BCUT2D eigenvalue weighted by Gasteiger charge is 2.33. The van der Waals surface area contributed by atoms with Crippen molar-refractivity contribution in [2.75, 3.05) is 33.9 Å². The van der Waals surface area contributed by atoms with E-state index in [1.807, 2.05) is 20.8 Å². The summed E-state index contributed by atoms with van der Waals surface area (Å²) in [5.74, 6) is 1.22. The van der Waals surface area contributed by atoms with Crippen LogP contribution in [0.15, 0.2) is 35.4 Å². The zero-order valence-electron chi connectivity index (χ0n) is 20.0. The molecule has 0 aliphatic carbocycles. The maximum absolute atomic E-state index is 13.0. The molecule has 0 radical (unpaired) electrons. The zero-order valence-corrected chi connectivity index (χ0v) is 20.8. The number of amides is 1. The van der Waals surface area contributed by atoms with E-state index in [0.29, 0.717) is 44.8 Å². The Hall–Kier alpha value is -2.65. The summed E-state index contributed by atoms with van der Waals surface area (Å²) < 4.78 is 38.3. The fourth-order valence-electron chi connectivity index (χ4n) is 4.21. The van der Waals surface area contributed by atoms with Crippen molar-refractivity contribution in [1.29, 1.82) is 0 Å². The Morgan fingerprint density at radius 1 is 1.18 bits per heavy atom. The van der Waals surface area contributed by atoms with E-state index >= 15 is 0 Å². The Balaban J connectivity index is 1.61. The van der Waals surface area contributed by atoms with Crippen LogP contribution in [0.25, 0.3) is 0 Å². The van der Waals surface area contributed by atoms with Crippen LogP contribution in [-0.2, 0) is 21.4 Å². The van der Waals surface area contributed by atoms with Crippen molar-refractivity contribution in [2.24, 2.45) is 5.92 Å². The number of nitrogens with zero attached hydrogens (tertiary/aromatic N) is 3. The van der Waals surface area contributed by atoms with Crippen LogP contribution in [0.1, 0.15) is 36.6 Å². The first-order valence-electron chi connectivity index (χ1n) is 11.2. The Morgan fingerprint density at radius 2 is 1.82 bits per heavy atom. The molecule has 0 spiro atoms. The van der Waals surface area contributed by atoms with Crippen LogP contribution < -0.4 is 9.47 Å². The fraction of sp³-hybridized carbons (Fsp3) is 0.500. The lowest BCUT2D eigenvalue weighted by Gasteiger charge is -2.32. The van der Waals surface area contributed by atoms with Gasteiger partial charge in [-0.05, 0) is 57.9 Å². The van der Waals surface area contributed by atoms with Gasteiger partial charge in [0.1, 0.15) is 11.5 Å². The third-order valence-corrected chi connectivity index (χ3v) is 8.00. The van der Waals surface area contributed by atoms with Crippen LogP contribution in [0.3, 0.4) is 0 Å². The number of methoxy groups -OCH3 is 1. The lowest BCUT2D eigenvalue weighted by atomic mass is 9.96. The second kappa shape index (κ2) is 10.5. The summed E-state index contributed by atoms with van der Waals surface area (Å²) in [7, 11) is -0.209. The Labute approximate surface area is 196 Å². The van der Waals surface area contributed by atoms with Crippen molar-refractivity contribution in [2.45, 2.75) is 45.1 Å². The van der Waals surface area contributed by atoms with Crippen molar-refractivity contribution in [3.05, 3.63) is 47.3 Å². The van der Waals surface area contributed by atoms with Gasteiger partial charge in [-0.2, -0.15) is 4.31 Å². The van der Waals surface area contributed by atoms with E-state index in [-0.39, 0.29) is 16.7 Å². The van der Waals surface area contributed by atoms with Gasteiger partial charge in [0.2, 0.25) is 15.9 Å². The summed E-state index contributed by atoms with van der Waals surface area (Å²) in [5.41, 5.74) is 2.67. The predicted molar refractivity (Wildman–Crippen MR) is 126 cm³/mol. The smallest absolute Gasteiger partial charge is 0.243 e. The zero-order chi connectivity index (χ0) is 24.2. The molecule has 1 saturated heterocycles. The number of piperidine rings is 1. The normalized spacial score (nSPS) is 15.3. The minimum atomic E-state index is -3.60. The number of aryl methyl sites for hydroxylation is 1. The number of benzene rings is 1. The topological polar surface area (TPSA) is 89.0 Å². The van der Waals surface area contributed by atoms with Gasteiger partial charge in [0.05, 0.1) is 30.9 Å². The van der Waals surface area contributed by atoms with Crippen molar-refractivity contribution < 1.29 is 22.7 Å². The van der Waals surface area contributed by atoms with Crippen molar-refractivity contribution in [1.82, 2.24) is 14.2 Å². The molecule has 33 heavy (non-hydrogen) atoms. The number of rotatable bonds is 8. The molecule has 1 aliphatic heterocycles. The van der Waals surface area contributed by atoms with Gasteiger partial charge in [-0.3, -0.25) is 9.78 Å². The Kier molecular flexibility index (Phi) is 7.97. The number of ether oxygens (including phenoxy) is 2. The highest BCUT2D eigenvalue weighted by Crippen LogP contribution is 2.28. The minimum absolute atomic E-state index is 0.00820. The monoisotopic (exact) mass is 475 g/mol. The van der Waals surface area contributed by atoms with Gasteiger partial charge in [0.15, 0.2) is 0 Å². The highest BCUT2D eigenvalue weighted by atomic mass is 32.2. The van der Waals surface area contributed by atoms with Gasteiger partial charge in [0, 0.05) is 43.4 Å². The molecule has 180 valence electrons. The van der Waals surface area contributed by atoms with Gasteiger partial charge in [-0.1, -0.05) is 0 Å². The maximum atomic E-state index is 13.0. The van der Waals surface area contributed by atoms with Crippen LogP contribution in [-0.4, -0.2) is 62.4 Å². The lowest BCUT2D eigenvalue weighted by Crippen LogP contribution is -2.43. The number of sulfonamides is 1. The first kappa shape index (κ1) is 25.0. The van der Waals surface area contributed by atoms with Crippen molar-refractivity contribution in [3.63, 3.8) is 0 Å². The molecule has 1 aromatic heterocycles. The summed E-state index contributed by atoms with van der Waals surface area (Å²) in [4.78, 5) is 19.4. The molecule has 1 amide bonds. The van der Waals surface area contributed by atoms with Crippen LogP contribution in [0, 0.1) is 19.8 Å². The van der Waals surface area contributed by atoms with Crippen LogP contribution in [0.5, 0.6) is 11.5 Å². The molecular formula is C24H33N3O5S. The SMILES string of the molecule is CCOc1ccc(S(=O)(=O)N2CCC(C(=O)N(C)Cc3ncc(C)c(OC)c3C)CC2)cc1. The molecule has 8 nitrogen and oxygen atoms in total. The maximum Gasteiger partial charge on any atom is 0.243 e. The molecule has 0 bridgehead atoms. The second-order valence-corrected chi connectivity index (χ2v) is 10.3. The minimum Gasteiger partial charge on any atom is -0.496 e. The number of aromatic nitrogens is 1. The summed E-state index contributed by atoms with van der Waals surface area (Å²) in [6.07, 6.45) is 2.73. The van der Waals surface area contributed by atoms with Gasteiger partial charge >= 0.3 is 0 Å². The molecular weight excluding hydrogens is 442 g/mol. The van der Waals surface area contributed by atoms with Crippen LogP contribution in [0.4, 0.5) is 0 Å². The number of hydrogen-bond donors (Lipinski definition) is 0. The van der Waals surface area contributed by atoms with Crippen LogP contribution >= 0.6 is 0 Å². The van der Waals surface area contributed by atoms with Crippen molar-refractivity contribution in [3.8, 4) is 11.5 Å². The molecule has 0 N–H and O–H groups in total. The second-order valence-electron chi connectivity index (χ2n) is 8.32. The van der Waals surface area contributed by atoms with E-state index in [0.717, 1.165) is 22.6 Å². The van der Waals surface area contributed by atoms with Crippen molar-refractivity contribution >= 4 is 15.9 Å². The molecule has 1 fully saturated rings. The quantitative estimate of drug-likeness (QED) is 0.583. The molecule has 0 unspecified atom stereocenters. The van der Waals surface area contributed by atoms with Gasteiger partial charge in [-0.15, -0.1) is 0 Å². The number of pyridine rings is 1. The summed E-state index contributed by atoms with van der Waals surface area (Å²) in [5, 5.41) is 0. The average molecular weight is 476 g/mol. The highest BCUT2D eigenvalue weighted by molar-refractivity contribution is 7.89. The molecule has 9 heteroatoms. The van der Waals surface area contributed by atoms with Crippen LogP contribution in [0.2, 0.25) is 0 Å². The first-order chi connectivity index (χ1) is 15.7. The standard InChI is InChI=1S/C24H33N3O5S/c1-6-32-20-7-9-21(10-8-20)33(29,30)27-13-11-19(12-14-27)24(28)26(4)16-22-18(3)23(31-5)17(2)15-25-22/h7-10,15,19H,6,11-14,16H2,1-5H3. The molecule has 0 saturated carbocycles. The van der Waals surface area contributed by atoms with Gasteiger partial charge in [-0.25, -0.2) is 8.42 Å². The summed E-state index contributed by atoms with van der Waals surface area (Å²) in [6.45, 7) is 7.29. The number of carbonyl (C=O) groups is 1. The molecule has 2 heterocycles. The van der Waals surface area contributed by atoms with E-state index in [2.05, 4.69) is 4.98 Å². The van der Waals surface area contributed by atoms with Gasteiger partial charge in [0.25, 0.3) is 0 Å². The largest absolute Gasteiger partial charge is 0.496 e. The number of hydrogen-bond acceptors (Lipinski definition) is 6. The Morgan fingerprint density at radius 3 is 2.39 bits per heavy atom. The average Bonchev–Trinajstić information content (AvgIpc) is 2.81. The molecule has 0 atom stereocenters. The predicted octanol–water partition coefficient (Wildman–Crippen LogP) is 3.17. The molecule has 3 rings (SSSR count). The fourth-order valence-corrected chi connectivity index (χ4v) is 5.68. The number of carbonyl (C=O) groups excluding carboxylic acids is 1. The van der Waals surface area contributed by atoms with E-state index < -0.39 is 10.0 Å².